The molecule has 0 aliphatic carbocycles. The highest BCUT2D eigenvalue weighted by atomic mass is 16.5. The van der Waals surface area contributed by atoms with E-state index in [-0.39, 0.29) is 5.91 Å². The van der Waals surface area contributed by atoms with Gasteiger partial charge in [0.2, 0.25) is 0 Å². The molecule has 2 aromatic rings. The Bertz CT molecular complexity index is 743. The van der Waals surface area contributed by atoms with Gasteiger partial charge >= 0.3 is 0 Å². The molecule has 1 aliphatic rings. The van der Waals surface area contributed by atoms with Gasteiger partial charge in [-0.25, -0.2) is 9.97 Å². The summed E-state index contributed by atoms with van der Waals surface area (Å²) in [6, 6.07) is 7.31. The molecule has 144 valence electrons. The molecule has 0 radical (unpaired) electrons. The van der Waals surface area contributed by atoms with Gasteiger partial charge in [-0.1, -0.05) is 6.07 Å². The molecule has 1 aliphatic heterocycles. The molecule has 1 amide bonds. The molecule has 2 heterocycles. The van der Waals surface area contributed by atoms with Crippen LogP contribution in [0.2, 0.25) is 0 Å². The van der Waals surface area contributed by atoms with E-state index in [0.717, 1.165) is 37.4 Å². The summed E-state index contributed by atoms with van der Waals surface area (Å²) in [5.74, 6) is 1.56. The summed E-state index contributed by atoms with van der Waals surface area (Å²) in [7, 11) is 3.28. The van der Waals surface area contributed by atoms with Gasteiger partial charge in [0, 0.05) is 69.8 Å². The van der Waals surface area contributed by atoms with E-state index in [2.05, 4.69) is 14.9 Å². The lowest BCUT2D eigenvalue weighted by atomic mass is 10.1. The predicted molar refractivity (Wildman–Crippen MR) is 102 cm³/mol. The van der Waals surface area contributed by atoms with E-state index >= 15 is 0 Å². The van der Waals surface area contributed by atoms with Crippen LogP contribution in [0.1, 0.15) is 21.7 Å². The average Bonchev–Trinajstić information content (AvgIpc) is 2.73. The Labute approximate surface area is 159 Å². The number of ether oxygens (including phenoxy) is 2. The molecular formula is C20H26N4O3. The van der Waals surface area contributed by atoms with Gasteiger partial charge < -0.3 is 14.4 Å². The minimum Gasteiger partial charge on any atom is -0.497 e. The minimum absolute atomic E-state index is 0.0550. The Morgan fingerprint density at radius 2 is 1.85 bits per heavy atom. The first-order valence-electron chi connectivity index (χ1n) is 9.14. The quantitative estimate of drug-likeness (QED) is 0.738. The second-order valence-corrected chi connectivity index (χ2v) is 6.55. The van der Waals surface area contributed by atoms with Gasteiger partial charge in [0.05, 0.1) is 13.7 Å². The maximum Gasteiger partial charge on any atom is 0.254 e. The van der Waals surface area contributed by atoms with Crippen molar-refractivity contribution in [1.29, 1.82) is 0 Å². The molecule has 0 N–H and O–H groups in total. The van der Waals surface area contributed by atoms with Crippen LogP contribution in [0.3, 0.4) is 0 Å². The van der Waals surface area contributed by atoms with Gasteiger partial charge in [-0.3, -0.25) is 9.69 Å². The Morgan fingerprint density at radius 3 is 2.52 bits per heavy atom. The summed E-state index contributed by atoms with van der Waals surface area (Å²) in [4.78, 5) is 25.7. The molecule has 3 rings (SSSR count). The molecule has 7 heteroatoms. The second kappa shape index (κ2) is 9.43. The van der Waals surface area contributed by atoms with E-state index in [9.17, 15) is 4.79 Å². The van der Waals surface area contributed by atoms with Crippen LogP contribution >= 0.6 is 0 Å². The van der Waals surface area contributed by atoms with E-state index in [0.29, 0.717) is 31.0 Å². The SMILES string of the molecule is COCCc1ncc(CN2CCN(C(=O)c3cccc(OC)c3)CC2)cn1. The molecule has 1 saturated heterocycles. The van der Waals surface area contributed by atoms with Crippen LogP contribution in [0.4, 0.5) is 0 Å². The zero-order valence-electron chi connectivity index (χ0n) is 15.9. The van der Waals surface area contributed by atoms with Gasteiger partial charge in [0.15, 0.2) is 0 Å². The zero-order chi connectivity index (χ0) is 19.1. The summed E-state index contributed by atoms with van der Waals surface area (Å²) >= 11 is 0. The molecule has 1 fully saturated rings. The third kappa shape index (κ3) is 5.24. The number of benzene rings is 1. The number of hydrogen-bond donors (Lipinski definition) is 0. The van der Waals surface area contributed by atoms with Gasteiger partial charge in [-0.15, -0.1) is 0 Å². The van der Waals surface area contributed by atoms with E-state index in [4.69, 9.17) is 9.47 Å². The molecule has 0 atom stereocenters. The van der Waals surface area contributed by atoms with Gasteiger partial charge in [0.25, 0.3) is 5.91 Å². The molecule has 1 aromatic heterocycles. The van der Waals surface area contributed by atoms with Crippen molar-refractivity contribution in [1.82, 2.24) is 19.8 Å². The first-order valence-corrected chi connectivity index (χ1v) is 9.14. The monoisotopic (exact) mass is 370 g/mol. The third-order valence-electron chi connectivity index (χ3n) is 4.67. The predicted octanol–water partition coefficient (Wildman–Crippen LogP) is 1.63. The van der Waals surface area contributed by atoms with Gasteiger partial charge in [0.1, 0.15) is 11.6 Å². The maximum atomic E-state index is 12.7. The average molecular weight is 370 g/mol. The smallest absolute Gasteiger partial charge is 0.254 e. The highest BCUT2D eigenvalue weighted by Crippen LogP contribution is 2.16. The van der Waals surface area contributed by atoms with Crippen molar-refractivity contribution in [3.05, 3.63) is 53.6 Å². The molecule has 7 nitrogen and oxygen atoms in total. The first-order chi connectivity index (χ1) is 13.2. The Hall–Kier alpha value is -2.51. The minimum atomic E-state index is 0.0550. The highest BCUT2D eigenvalue weighted by Gasteiger charge is 2.22. The van der Waals surface area contributed by atoms with E-state index < -0.39 is 0 Å². The number of aromatic nitrogens is 2. The number of carbonyl (C=O) groups is 1. The highest BCUT2D eigenvalue weighted by molar-refractivity contribution is 5.94. The lowest BCUT2D eigenvalue weighted by Gasteiger charge is -2.34. The van der Waals surface area contributed by atoms with Crippen molar-refractivity contribution in [2.75, 3.05) is 47.0 Å². The molecule has 1 aromatic carbocycles. The molecule has 0 unspecified atom stereocenters. The zero-order valence-corrected chi connectivity index (χ0v) is 15.9. The van der Waals surface area contributed by atoms with Crippen LogP contribution in [0.25, 0.3) is 0 Å². The summed E-state index contributed by atoms with van der Waals surface area (Å²) in [6.45, 7) is 4.52. The van der Waals surface area contributed by atoms with E-state index in [1.807, 2.05) is 35.5 Å². The summed E-state index contributed by atoms with van der Waals surface area (Å²) < 4.78 is 10.3. The maximum absolute atomic E-state index is 12.7. The molecule has 0 bridgehead atoms. The Balaban J connectivity index is 1.50. The van der Waals surface area contributed by atoms with Crippen LogP contribution in [0.15, 0.2) is 36.7 Å². The van der Waals surface area contributed by atoms with Crippen molar-refractivity contribution in [2.45, 2.75) is 13.0 Å². The third-order valence-corrected chi connectivity index (χ3v) is 4.67. The fraction of sp³-hybridized carbons (Fsp3) is 0.450. The normalized spacial score (nSPS) is 15.0. The fourth-order valence-electron chi connectivity index (χ4n) is 3.09. The van der Waals surface area contributed by atoms with Crippen molar-refractivity contribution >= 4 is 5.91 Å². The molecule has 27 heavy (non-hydrogen) atoms. The summed E-state index contributed by atoms with van der Waals surface area (Å²) in [5.41, 5.74) is 1.76. The summed E-state index contributed by atoms with van der Waals surface area (Å²) in [5, 5.41) is 0. The van der Waals surface area contributed by atoms with Gasteiger partial charge in [-0.05, 0) is 18.2 Å². The van der Waals surface area contributed by atoms with E-state index in [1.54, 1.807) is 20.3 Å². The number of nitrogens with zero attached hydrogens (tertiary/aromatic N) is 4. The summed E-state index contributed by atoms with van der Waals surface area (Å²) in [6.07, 6.45) is 4.49. The number of carbonyl (C=O) groups excluding carboxylic acids is 1. The number of hydrogen-bond acceptors (Lipinski definition) is 6. The van der Waals surface area contributed by atoms with Crippen LogP contribution in [-0.4, -0.2) is 72.7 Å². The van der Waals surface area contributed by atoms with Gasteiger partial charge in [-0.2, -0.15) is 0 Å². The Morgan fingerprint density at radius 1 is 1.11 bits per heavy atom. The topological polar surface area (TPSA) is 67.8 Å². The van der Waals surface area contributed by atoms with E-state index in [1.165, 1.54) is 0 Å². The van der Waals surface area contributed by atoms with Crippen LogP contribution in [-0.2, 0) is 17.7 Å². The van der Waals surface area contributed by atoms with Crippen LogP contribution in [0, 0.1) is 0 Å². The van der Waals surface area contributed by atoms with Crippen LogP contribution < -0.4 is 4.74 Å². The number of piperazine rings is 1. The molecule has 0 spiro atoms. The lowest BCUT2D eigenvalue weighted by Crippen LogP contribution is -2.48. The second-order valence-electron chi connectivity index (χ2n) is 6.55. The first kappa shape index (κ1) is 19.3. The van der Waals surface area contributed by atoms with Crippen molar-refractivity contribution in [2.24, 2.45) is 0 Å². The van der Waals surface area contributed by atoms with Crippen molar-refractivity contribution in [3.63, 3.8) is 0 Å². The number of methoxy groups -OCH3 is 2. The largest absolute Gasteiger partial charge is 0.497 e. The number of rotatable bonds is 7. The van der Waals surface area contributed by atoms with Crippen molar-refractivity contribution < 1.29 is 14.3 Å². The Kier molecular flexibility index (Phi) is 6.73. The lowest BCUT2D eigenvalue weighted by molar-refractivity contribution is 0.0628. The van der Waals surface area contributed by atoms with Crippen molar-refractivity contribution in [3.8, 4) is 5.75 Å². The standard InChI is InChI=1S/C20H26N4O3/c1-26-11-6-19-21-13-16(14-22-19)15-23-7-9-24(10-8-23)20(25)17-4-3-5-18(12-17)27-2/h3-5,12-14H,6-11,15H2,1-2H3. The number of amides is 1. The van der Waals surface area contributed by atoms with Crippen LogP contribution in [0.5, 0.6) is 5.75 Å². The molecule has 0 saturated carbocycles. The fourth-order valence-corrected chi connectivity index (χ4v) is 3.09. The molecular weight excluding hydrogens is 344 g/mol.